The van der Waals surface area contributed by atoms with Crippen molar-refractivity contribution in [3.63, 3.8) is 0 Å². The van der Waals surface area contributed by atoms with Crippen LogP contribution in [-0.2, 0) is 17.8 Å². The van der Waals surface area contributed by atoms with Gasteiger partial charge < -0.3 is 19.4 Å². The van der Waals surface area contributed by atoms with Gasteiger partial charge in [-0.2, -0.15) is 9.61 Å². The lowest BCUT2D eigenvalue weighted by molar-refractivity contribution is -0.305. The summed E-state index contributed by atoms with van der Waals surface area (Å²) in [5.74, 6) is -0.626. The van der Waals surface area contributed by atoms with E-state index in [-0.39, 0.29) is 36.6 Å². The highest BCUT2D eigenvalue weighted by molar-refractivity contribution is 5.97. The highest BCUT2D eigenvalue weighted by Gasteiger charge is 2.19. The molecule has 0 radical (unpaired) electrons. The normalized spacial score (nSPS) is 11.1. The first-order valence-electron chi connectivity index (χ1n) is 9.75. The molecule has 0 aliphatic rings. The summed E-state index contributed by atoms with van der Waals surface area (Å²) in [7, 11) is 2.95. The molecule has 0 saturated carbocycles. The number of aliphatic carboxylic acids is 1. The van der Waals surface area contributed by atoms with Gasteiger partial charge in [0.05, 0.1) is 31.8 Å². The Kier molecular flexibility index (Phi) is 5.59. The monoisotopic (exact) mass is 435 g/mol. The zero-order valence-electron chi connectivity index (χ0n) is 17.4. The Morgan fingerprint density at radius 3 is 2.53 bits per heavy atom. The smallest absolute Gasteiger partial charge is 0.277 e. The molecule has 4 rings (SSSR count). The molecule has 0 atom stereocenters. The number of carboxylic acid groups (broad SMARTS) is 1. The fourth-order valence-electron chi connectivity index (χ4n) is 3.45. The third-order valence-corrected chi connectivity index (χ3v) is 5.05. The predicted molar refractivity (Wildman–Crippen MR) is 112 cm³/mol. The molecule has 0 bridgehead atoms. The van der Waals surface area contributed by atoms with E-state index in [2.05, 4.69) is 10.1 Å². The number of para-hydroxylation sites is 2. The molecule has 0 amide bonds. The second-order valence-corrected chi connectivity index (χ2v) is 7.02. The number of hydrogen-bond acceptors (Lipinski definition) is 8. The number of carboxylic acids is 1. The number of rotatable bonds is 8. The maximum absolute atomic E-state index is 13.1. The van der Waals surface area contributed by atoms with Crippen molar-refractivity contribution in [1.29, 1.82) is 0 Å². The van der Waals surface area contributed by atoms with Crippen LogP contribution in [0.3, 0.4) is 0 Å². The van der Waals surface area contributed by atoms with Crippen molar-refractivity contribution in [1.82, 2.24) is 19.2 Å². The van der Waals surface area contributed by atoms with Crippen molar-refractivity contribution in [3.8, 4) is 11.5 Å². The Hall–Kier alpha value is -4.21. The van der Waals surface area contributed by atoms with Crippen molar-refractivity contribution >= 4 is 28.6 Å². The maximum Gasteiger partial charge on any atom is 0.277 e. The highest BCUT2D eigenvalue weighted by Crippen LogP contribution is 2.28. The average Bonchev–Trinajstić information content (AvgIpc) is 3.17. The fraction of sp³-hybridized carbons (Fsp3) is 0.227. The number of aromatic nitrogens is 4. The quantitative estimate of drug-likeness (QED) is 0.369. The summed E-state index contributed by atoms with van der Waals surface area (Å²) < 4.78 is 13.1. The van der Waals surface area contributed by atoms with Crippen LogP contribution in [0, 0.1) is 0 Å². The lowest BCUT2D eigenvalue weighted by Gasteiger charge is -2.12. The van der Waals surface area contributed by atoms with Gasteiger partial charge in [-0.15, -0.1) is 0 Å². The van der Waals surface area contributed by atoms with Crippen molar-refractivity contribution < 1.29 is 24.2 Å². The van der Waals surface area contributed by atoms with Gasteiger partial charge in [-0.05, 0) is 36.8 Å². The van der Waals surface area contributed by atoms with E-state index in [1.165, 1.54) is 29.4 Å². The van der Waals surface area contributed by atoms with E-state index in [0.29, 0.717) is 28.1 Å². The summed E-state index contributed by atoms with van der Waals surface area (Å²) in [6.45, 7) is -0.317. The lowest BCUT2D eigenvalue weighted by Crippen LogP contribution is -2.32. The van der Waals surface area contributed by atoms with E-state index in [0.717, 1.165) is 0 Å². The molecule has 0 N–H and O–H groups in total. The van der Waals surface area contributed by atoms with Crippen LogP contribution < -0.4 is 20.1 Å². The van der Waals surface area contributed by atoms with Crippen LogP contribution in [0.1, 0.15) is 22.5 Å². The number of carbonyl (C=O) groups excluding carboxylic acids is 2. The van der Waals surface area contributed by atoms with Crippen LogP contribution in [0.15, 0.2) is 47.3 Å². The Bertz CT molecular complexity index is 1410. The minimum absolute atomic E-state index is 0.00460. The van der Waals surface area contributed by atoms with Crippen LogP contribution >= 0.6 is 0 Å². The third-order valence-electron chi connectivity index (χ3n) is 5.05. The molecule has 2 heterocycles. The molecule has 164 valence electrons. The van der Waals surface area contributed by atoms with E-state index in [4.69, 9.17) is 9.47 Å². The average molecular weight is 435 g/mol. The number of carbonyl (C=O) groups is 2. The van der Waals surface area contributed by atoms with Crippen LogP contribution in [0.2, 0.25) is 0 Å². The van der Waals surface area contributed by atoms with Crippen LogP contribution in [0.5, 0.6) is 11.5 Å². The van der Waals surface area contributed by atoms with E-state index in [1.807, 2.05) is 0 Å². The summed E-state index contributed by atoms with van der Waals surface area (Å²) in [5, 5.41) is 15.2. The van der Waals surface area contributed by atoms with E-state index in [9.17, 15) is 19.5 Å². The van der Waals surface area contributed by atoms with Crippen molar-refractivity contribution in [2.24, 2.45) is 0 Å². The fourth-order valence-corrected chi connectivity index (χ4v) is 3.45. The Labute approximate surface area is 181 Å². The molecular weight excluding hydrogens is 416 g/mol. The number of Topliss-reactive ketones (excluding diaryl/α,β-unsaturated/α-hetero) is 1. The van der Waals surface area contributed by atoms with Crippen molar-refractivity contribution in [3.05, 3.63) is 64.1 Å². The first-order chi connectivity index (χ1) is 15.4. The molecule has 0 unspecified atom stereocenters. The predicted octanol–water partition coefficient (Wildman–Crippen LogP) is 0.627. The van der Waals surface area contributed by atoms with Gasteiger partial charge in [-0.1, -0.05) is 12.1 Å². The third kappa shape index (κ3) is 3.78. The van der Waals surface area contributed by atoms with Gasteiger partial charge in [0.25, 0.3) is 5.56 Å². The highest BCUT2D eigenvalue weighted by atomic mass is 16.5. The van der Waals surface area contributed by atoms with E-state index in [1.54, 1.807) is 36.4 Å². The maximum atomic E-state index is 13.1. The summed E-state index contributed by atoms with van der Waals surface area (Å²) in [6, 6.07) is 11.8. The van der Waals surface area contributed by atoms with Crippen LogP contribution in [0.4, 0.5) is 0 Å². The molecule has 0 fully saturated rings. The van der Waals surface area contributed by atoms with Gasteiger partial charge >= 0.3 is 0 Å². The first-order valence-corrected chi connectivity index (χ1v) is 9.75. The molecule has 0 aliphatic carbocycles. The standard InChI is InChI=1S/C22H20N4O6/c1-31-18-9-7-13(11-19(18)32-2)17(27)12-25-21(30)15(8-10-20(28)29)24-26-16-6-4-3-5-14(16)23-22(25)26/h3-7,9,11H,8,10,12H2,1-2H3,(H,28,29)/p-1. The molecule has 2 aromatic carbocycles. The topological polar surface area (TPSA) is 128 Å². The summed E-state index contributed by atoms with van der Waals surface area (Å²) in [4.78, 5) is 41.5. The van der Waals surface area contributed by atoms with Crippen LogP contribution in [-0.4, -0.2) is 45.1 Å². The lowest BCUT2D eigenvalue weighted by atomic mass is 10.1. The van der Waals surface area contributed by atoms with Gasteiger partial charge in [0.15, 0.2) is 17.3 Å². The number of fused-ring (bicyclic) bond motifs is 3. The minimum atomic E-state index is -1.30. The molecule has 0 spiro atoms. The molecule has 10 nitrogen and oxygen atoms in total. The van der Waals surface area contributed by atoms with Gasteiger partial charge in [0.1, 0.15) is 5.69 Å². The summed E-state index contributed by atoms with van der Waals surface area (Å²) in [6.07, 6.45) is -0.502. The zero-order chi connectivity index (χ0) is 22.8. The number of ketones is 1. The van der Waals surface area contributed by atoms with Gasteiger partial charge in [0, 0.05) is 18.0 Å². The van der Waals surface area contributed by atoms with E-state index >= 15 is 0 Å². The summed E-state index contributed by atoms with van der Waals surface area (Å²) in [5.41, 5.74) is 0.957. The number of imidazole rings is 1. The molecule has 4 aromatic rings. The van der Waals surface area contributed by atoms with E-state index < -0.39 is 11.5 Å². The van der Waals surface area contributed by atoms with Crippen molar-refractivity contribution in [2.45, 2.75) is 19.4 Å². The molecule has 0 saturated heterocycles. The number of hydrogen-bond donors (Lipinski definition) is 0. The summed E-state index contributed by atoms with van der Waals surface area (Å²) >= 11 is 0. The number of ether oxygens (including phenoxy) is 2. The van der Waals surface area contributed by atoms with Gasteiger partial charge in [-0.3, -0.25) is 14.2 Å². The zero-order valence-corrected chi connectivity index (χ0v) is 17.4. The number of methoxy groups -OCH3 is 2. The molecule has 2 aromatic heterocycles. The van der Waals surface area contributed by atoms with Gasteiger partial charge in [0.2, 0.25) is 5.78 Å². The Morgan fingerprint density at radius 2 is 1.81 bits per heavy atom. The molecule has 32 heavy (non-hydrogen) atoms. The number of aryl methyl sites for hydroxylation is 1. The molecule has 10 heteroatoms. The largest absolute Gasteiger partial charge is 0.550 e. The molecule has 0 aliphatic heterocycles. The Morgan fingerprint density at radius 1 is 1.06 bits per heavy atom. The second-order valence-electron chi connectivity index (χ2n) is 7.02. The minimum Gasteiger partial charge on any atom is -0.550 e. The SMILES string of the molecule is COc1ccc(C(=O)Cn2c(=O)c(CCC(=O)[O-])nn3c4ccccc4nc23)cc1OC. The first kappa shape index (κ1) is 21.0. The number of benzene rings is 2. The molecular formula is C22H19N4O6-. The second kappa shape index (κ2) is 8.50. The Balaban J connectivity index is 1.83. The van der Waals surface area contributed by atoms with Crippen LogP contribution in [0.25, 0.3) is 16.8 Å². The number of nitrogens with zero attached hydrogens (tertiary/aromatic N) is 4. The van der Waals surface area contributed by atoms with Gasteiger partial charge in [-0.25, -0.2) is 4.98 Å². The van der Waals surface area contributed by atoms with Crippen molar-refractivity contribution in [2.75, 3.05) is 14.2 Å².